The molecule has 0 bridgehead atoms. The minimum Gasteiger partial charge on any atom is -0.511 e. The first-order valence-electron chi connectivity index (χ1n) is 6.79. The van der Waals surface area contributed by atoms with Crippen LogP contribution in [0.5, 0.6) is 0 Å². The van der Waals surface area contributed by atoms with E-state index in [1.54, 1.807) is 20.8 Å². The Morgan fingerprint density at radius 1 is 0.760 bits per heavy atom. The zero-order valence-corrected chi connectivity index (χ0v) is 17.0. The molecule has 0 saturated carbocycles. The van der Waals surface area contributed by atoms with Crippen LogP contribution in [0.15, 0.2) is 0 Å². The molecule has 144 valence electrons. The summed E-state index contributed by atoms with van der Waals surface area (Å²) in [5, 5.41) is 0. The minimum absolute atomic E-state index is 0.495. The molecule has 0 aliphatic rings. The largest absolute Gasteiger partial charge is 0.974 e. The fourth-order valence-corrected chi connectivity index (χ4v) is 3.27. The summed E-state index contributed by atoms with van der Waals surface area (Å²) in [6, 6.07) is 0. The fourth-order valence-electron chi connectivity index (χ4n) is 1.09. The van der Waals surface area contributed by atoms with Gasteiger partial charge < -0.3 is 26.9 Å². The van der Waals surface area contributed by atoms with Crippen LogP contribution >= 0.6 is 0 Å². The van der Waals surface area contributed by atoms with Crippen LogP contribution in [0.1, 0.15) is 48.5 Å². The lowest BCUT2D eigenvalue weighted by molar-refractivity contribution is -0.160. The van der Waals surface area contributed by atoms with Crippen molar-refractivity contribution in [3.8, 4) is 0 Å². The van der Waals surface area contributed by atoms with E-state index in [1.165, 1.54) is 0 Å². The van der Waals surface area contributed by atoms with E-state index in [4.69, 9.17) is 4.80 Å². The van der Waals surface area contributed by atoms with E-state index in [-0.39, 0.29) is 0 Å². The third-order valence-electron chi connectivity index (χ3n) is 1.47. The monoisotopic (exact) mass is 398 g/mol. The minimum atomic E-state index is -4.45. The van der Waals surface area contributed by atoms with Gasteiger partial charge in [-0.15, -0.1) is 0 Å². The van der Waals surface area contributed by atoms with Crippen LogP contribution in [-0.2, 0) is 45.8 Å². The molecule has 0 heterocycles. The van der Waals surface area contributed by atoms with Gasteiger partial charge in [0, 0.05) is 27.7 Å². The molecule has 11 nitrogen and oxygen atoms in total. The van der Waals surface area contributed by atoms with Gasteiger partial charge in [-0.25, -0.2) is 0 Å². The number of rotatable bonds is 5. The highest BCUT2D eigenvalue weighted by molar-refractivity contribution is 6.60. The highest BCUT2D eigenvalue weighted by Crippen LogP contribution is 2.13. The van der Waals surface area contributed by atoms with E-state index in [2.05, 4.69) is 22.1 Å². The molecule has 0 aliphatic carbocycles. The van der Waals surface area contributed by atoms with Crippen molar-refractivity contribution >= 4 is 42.1 Å². The Balaban J connectivity index is 0. The van der Waals surface area contributed by atoms with E-state index in [1.807, 2.05) is 0 Å². The molecule has 0 amide bonds. The quantitative estimate of drug-likeness (QED) is 0.617. The van der Waals surface area contributed by atoms with E-state index in [0.29, 0.717) is 0 Å². The number of carbonyl (C=O) groups is 4. The van der Waals surface area contributed by atoms with Gasteiger partial charge in [-0.05, 0) is 20.8 Å². The topological polar surface area (TPSA) is 152 Å². The molecular formula is C12H22O11Si2. The molecule has 1 N–H and O–H groups in total. The van der Waals surface area contributed by atoms with Crippen LogP contribution in [0.25, 0.3) is 0 Å². The third kappa shape index (κ3) is 16.4. The van der Waals surface area contributed by atoms with E-state index in [9.17, 15) is 23.6 Å². The molecule has 0 saturated heterocycles. The first kappa shape index (κ1) is 25.0. The van der Waals surface area contributed by atoms with Crippen LogP contribution in [-0.4, -0.2) is 52.5 Å². The maximum Gasteiger partial charge on any atom is 0.974 e. The van der Waals surface area contributed by atoms with Gasteiger partial charge in [0.25, 0.3) is 23.9 Å². The van der Waals surface area contributed by atoms with Crippen molar-refractivity contribution in [3.05, 3.63) is 0 Å². The normalized spacial score (nSPS) is 10.4. The molecule has 0 unspecified atom stereocenters. The Morgan fingerprint density at radius 2 is 1.00 bits per heavy atom. The predicted octanol–water partition coefficient (Wildman–Crippen LogP) is -0.116. The second kappa shape index (κ2) is 10.6. The van der Waals surface area contributed by atoms with Gasteiger partial charge in [-0.3, -0.25) is 23.6 Å². The van der Waals surface area contributed by atoms with Crippen molar-refractivity contribution < 1.29 is 50.6 Å². The Hall–Kier alpha value is -2.29. The van der Waals surface area contributed by atoms with Gasteiger partial charge in [0.05, 0.1) is 5.60 Å². The van der Waals surface area contributed by atoms with Crippen molar-refractivity contribution in [2.75, 3.05) is 0 Å². The molecule has 0 rings (SSSR count). The summed E-state index contributed by atoms with van der Waals surface area (Å²) in [6.45, 7) is 9.12. The zero-order chi connectivity index (χ0) is 20.4. The van der Waals surface area contributed by atoms with Crippen molar-refractivity contribution in [2.45, 2.75) is 54.1 Å². The highest BCUT2D eigenvalue weighted by atomic mass is 28.4. The average molecular weight is 398 g/mol. The Morgan fingerprint density at radius 3 is 1.08 bits per heavy atom. The molecule has 0 aromatic rings. The fraction of sp³-hybridized carbons (Fsp3) is 0.667. The molecule has 0 fully saturated rings. The SMILES string of the molecule is CC(=O)O[Si](OC(C)=O)(OC(C)=O)OC(C)=O.CC(C)(C)O[Si](=O)O. The Bertz CT molecular complexity index is 454. The summed E-state index contributed by atoms with van der Waals surface area (Å²) in [5.74, 6) is -3.67. The van der Waals surface area contributed by atoms with Gasteiger partial charge in [0.2, 0.25) is 0 Å². The molecule has 0 atom stereocenters. The predicted molar refractivity (Wildman–Crippen MR) is 82.3 cm³/mol. The smallest absolute Gasteiger partial charge is 0.511 e. The molecule has 0 radical (unpaired) electrons. The number of carbonyl (C=O) groups excluding carboxylic acids is 4. The van der Waals surface area contributed by atoms with Crippen LogP contribution in [0.2, 0.25) is 0 Å². The number of hydrogen-bond donors (Lipinski definition) is 1. The van der Waals surface area contributed by atoms with Gasteiger partial charge in [-0.1, -0.05) is 0 Å². The van der Waals surface area contributed by atoms with Crippen LogP contribution in [0.3, 0.4) is 0 Å². The second-order valence-electron chi connectivity index (χ2n) is 5.35. The summed E-state index contributed by atoms with van der Waals surface area (Å²) < 4.78 is 32.7. The molecule has 25 heavy (non-hydrogen) atoms. The van der Waals surface area contributed by atoms with Gasteiger partial charge in [0.15, 0.2) is 0 Å². The first-order valence-corrected chi connectivity index (χ1v) is 9.68. The average Bonchev–Trinajstić information content (AvgIpc) is 2.19. The van der Waals surface area contributed by atoms with E-state index >= 15 is 0 Å². The molecule has 0 aliphatic heterocycles. The zero-order valence-electron chi connectivity index (χ0n) is 15.0. The first-order chi connectivity index (χ1) is 11.1. The summed E-state index contributed by atoms with van der Waals surface area (Å²) in [4.78, 5) is 51.6. The van der Waals surface area contributed by atoms with Gasteiger partial charge in [-0.2, -0.15) is 0 Å². The van der Waals surface area contributed by atoms with Gasteiger partial charge >= 0.3 is 18.2 Å². The molecule has 0 aromatic carbocycles. The van der Waals surface area contributed by atoms with Crippen molar-refractivity contribution in [2.24, 2.45) is 0 Å². The lowest BCUT2D eigenvalue weighted by Gasteiger charge is -2.22. The summed E-state index contributed by atoms with van der Waals surface area (Å²) in [7, 11) is -7.19. The molecular weight excluding hydrogens is 376 g/mol. The number of hydrogen-bond acceptors (Lipinski definition) is 10. The van der Waals surface area contributed by atoms with Crippen LogP contribution in [0, 0.1) is 0 Å². The van der Waals surface area contributed by atoms with Gasteiger partial charge in [0.1, 0.15) is 0 Å². The molecule has 0 aromatic heterocycles. The summed E-state index contributed by atoms with van der Waals surface area (Å²) >= 11 is 0. The second-order valence-corrected chi connectivity index (χ2v) is 7.91. The van der Waals surface area contributed by atoms with Crippen LogP contribution < -0.4 is 0 Å². The lowest BCUT2D eigenvalue weighted by Crippen LogP contribution is -2.53. The highest BCUT2D eigenvalue weighted by Gasteiger charge is 2.61. The summed E-state index contributed by atoms with van der Waals surface area (Å²) in [6.07, 6.45) is 0. The van der Waals surface area contributed by atoms with Crippen LogP contribution in [0.4, 0.5) is 0 Å². The summed E-state index contributed by atoms with van der Waals surface area (Å²) in [5.41, 5.74) is -0.495. The van der Waals surface area contributed by atoms with Crippen molar-refractivity contribution in [1.82, 2.24) is 0 Å². The maximum atomic E-state index is 10.8. The van der Waals surface area contributed by atoms with Crippen molar-refractivity contribution in [3.63, 3.8) is 0 Å². The Labute approximate surface area is 147 Å². The maximum absolute atomic E-state index is 10.8. The molecule has 13 heteroatoms. The third-order valence-corrected chi connectivity index (χ3v) is 4.41. The van der Waals surface area contributed by atoms with Crippen molar-refractivity contribution in [1.29, 1.82) is 0 Å². The Kier molecular flexibility index (Phi) is 10.5. The lowest BCUT2D eigenvalue weighted by atomic mass is 10.2. The van der Waals surface area contributed by atoms with E-state index in [0.717, 1.165) is 27.7 Å². The standard InChI is InChI=1S/C8H12O8Si.C4H10O3Si/c1-5(9)13-17(14-6(2)10,15-7(3)11)16-8(4)12;1-4(2,3)7-8(5)6/h1-4H3;5H,1-3H3. The molecule has 0 spiro atoms. The van der Waals surface area contributed by atoms with E-state index < -0.39 is 47.7 Å².